The van der Waals surface area contributed by atoms with Gasteiger partial charge in [-0.15, -0.1) is 0 Å². The van der Waals surface area contributed by atoms with Gasteiger partial charge in [0.05, 0.1) is 22.5 Å². The highest BCUT2D eigenvalue weighted by atomic mass is 32.2. The maximum absolute atomic E-state index is 14.3. The Labute approximate surface area is 183 Å². The molecule has 0 aliphatic carbocycles. The van der Waals surface area contributed by atoms with Crippen molar-refractivity contribution in [3.63, 3.8) is 0 Å². The molecule has 0 unspecified atom stereocenters. The monoisotopic (exact) mass is 470 g/mol. The molecular weight excluding hydrogens is 448 g/mol. The van der Waals surface area contributed by atoms with Gasteiger partial charge in [-0.3, -0.25) is 0 Å². The fourth-order valence-corrected chi connectivity index (χ4v) is 4.36. The third-order valence-corrected chi connectivity index (χ3v) is 6.82. The van der Waals surface area contributed by atoms with Crippen LogP contribution in [0.25, 0.3) is 22.2 Å². The van der Waals surface area contributed by atoms with Crippen LogP contribution < -0.4 is 5.73 Å². The molecule has 0 aliphatic heterocycles. The number of fused-ring (bicyclic) bond motifs is 1. The number of sulfonamides is 1. The maximum Gasteiger partial charge on any atom is 0.433 e. The molecule has 2 N–H and O–H groups in total. The second kappa shape index (κ2) is 8.64. The van der Waals surface area contributed by atoms with Crippen LogP contribution in [0.5, 0.6) is 0 Å². The van der Waals surface area contributed by atoms with Gasteiger partial charge in [-0.2, -0.15) is 13.2 Å². The number of alkyl halides is 3. The Morgan fingerprint density at radius 1 is 1.22 bits per heavy atom. The summed E-state index contributed by atoms with van der Waals surface area (Å²) >= 11 is 0. The fourth-order valence-electron chi connectivity index (χ4n) is 3.41. The van der Waals surface area contributed by atoms with E-state index in [4.69, 9.17) is 5.73 Å². The van der Waals surface area contributed by atoms with Crippen molar-refractivity contribution in [1.82, 2.24) is 13.9 Å². The first kappa shape index (κ1) is 23.9. The first-order valence-electron chi connectivity index (χ1n) is 9.52. The summed E-state index contributed by atoms with van der Waals surface area (Å²) in [6.45, 7) is 1.34. The average Bonchev–Trinajstić information content (AvgIpc) is 2.98. The van der Waals surface area contributed by atoms with Crippen molar-refractivity contribution in [3.05, 3.63) is 59.7 Å². The minimum atomic E-state index is -4.68. The zero-order valence-corrected chi connectivity index (χ0v) is 18.4. The zero-order chi connectivity index (χ0) is 23.8. The van der Waals surface area contributed by atoms with Crippen molar-refractivity contribution in [2.24, 2.45) is 5.73 Å². The lowest BCUT2D eigenvalue weighted by atomic mass is 10.0. The molecule has 32 heavy (non-hydrogen) atoms. The number of benzene rings is 1. The van der Waals surface area contributed by atoms with Gasteiger partial charge in [-0.25, -0.2) is 22.1 Å². The highest BCUT2D eigenvalue weighted by Gasteiger charge is 2.33. The van der Waals surface area contributed by atoms with Gasteiger partial charge in [0.1, 0.15) is 11.5 Å². The van der Waals surface area contributed by atoms with E-state index in [1.165, 1.54) is 49.0 Å². The van der Waals surface area contributed by atoms with Gasteiger partial charge in [0, 0.05) is 31.9 Å². The molecule has 2 aromatic heterocycles. The summed E-state index contributed by atoms with van der Waals surface area (Å²) in [5.74, 6) is -0.553. The minimum absolute atomic E-state index is 0.00252. The number of allylic oxidation sites excluding steroid dienone is 1. The van der Waals surface area contributed by atoms with Crippen molar-refractivity contribution < 1.29 is 26.0 Å². The van der Waals surface area contributed by atoms with E-state index in [0.29, 0.717) is 16.8 Å². The Morgan fingerprint density at radius 3 is 2.50 bits per heavy atom. The van der Waals surface area contributed by atoms with Gasteiger partial charge >= 0.3 is 6.18 Å². The number of rotatable bonds is 6. The van der Waals surface area contributed by atoms with Crippen LogP contribution in [-0.2, 0) is 22.7 Å². The van der Waals surface area contributed by atoms with Crippen LogP contribution in [0.2, 0.25) is 0 Å². The molecule has 3 rings (SSSR count). The Kier molecular flexibility index (Phi) is 6.45. The standard InChI is InChI=1S/C21H22F4N4O2S/c1-13-19(14-5-4-6-16(11-14)32(30,31)28(2)3)20-17(29(13)12-15(22)9-10-26)7-8-18(27-20)21(23,24)25/h4-9,11H,10,12,26H2,1-3H3/b15-9-. The zero-order valence-electron chi connectivity index (χ0n) is 17.6. The first-order chi connectivity index (χ1) is 14.9. The second-order valence-electron chi connectivity index (χ2n) is 7.31. The first-order valence-corrected chi connectivity index (χ1v) is 11.0. The van der Waals surface area contributed by atoms with Crippen LogP contribution >= 0.6 is 0 Å². The molecule has 2 heterocycles. The fraction of sp³-hybridized carbons (Fsp3) is 0.286. The molecule has 1 aromatic carbocycles. The van der Waals surface area contributed by atoms with Crippen LogP contribution in [0.4, 0.5) is 17.6 Å². The lowest BCUT2D eigenvalue weighted by Gasteiger charge is -2.13. The summed E-state index contributed by atoms with van der Waals surface area (Å²) in [4.78, 5) is 3.79. The highest BCUT2D eigenvalue weighted by Crippen LogP contribution is 2.37. The summed E-state index contributed by atoms with van der Waals surface area (Å²) in [6.07, 6.45) is -3.50. The van der Waals surface area contributed by atoms with E-state index in [-0.39, 0.29) is 29.0 Å². The van der Waals surface area contributed by atoms with Crippen molar-refractivity contribution >= 4 is 21.1 Å². The molecule has 0 bridgehead atoms. The van der Waals surface area contributed by atoms with Crippen LogP contribution in [0, 0.1) is 6.92 Å². The summed E-state index contributed by atoms with van der Waals surface area (Å²) in [5.41, 5.74) is 5.62. The number of nitrogens with two attached hydrogens (primary N) is 1. The molecule has 172 valence electrons. The summed E-state index contributed by atoms with van der Waals surface area (Å²) < 4.78 is 81.9. The predicted octanol–water partition coefficient (Wildman–Crippen LogP) is 4.09. The average molecular weight is 470 g/mol. The number of hydrogen-bond donors (Lipinski definition) is 1. The van der Waals surface area contributed by atoms with Gasteiger partial charge in [-0.1, -0.05) is 12.1 Å². The smallest absolute Gasteiger partial charge is 0.336 e. The van der Waals surface area contributed by atoms with Crippen molar-refractivity contribution in [3.8, 4) is 11.1 Å². The Bertz CT molecular complexity index is 1300. The van der Waals surface area contributed by atoms with Crippen molar-refractivity contribution in [2.75, 3.05) is 20.6 Å². The van der Waals surface area contributed by atoms with Crippen molar-refractivity contribution in [1.29, 1.82) is 0 Å². The van der Waals surface area contributed by atoms with E-state index in [1.807, 2.05) is 0 Å². The van der Waals surface area contributed by atoms with Crippen LogP contribution in [0.3, 0.4) is 0 Å². The number of nitrogens with zero attached hydrogens (tertiary/aromatic N) is 3. The van der Waals surface area contributed by atoms with E-state index < -0.39 is 27.7 Å². The topological polar surface area (TPSA) is 81.2 Å². The Balaban J connectivity index is 2.33. The van der Waals surface area contributed by atoms with Gasteiger partial charge in [0.2, 0.25) is 10.0 Å². The molecule has 0 aliphatic rings. The van der Waals surface area contributed by atoms with Crippen LogP contribution in [0.1, 0.15) is 11.4 Å². The van der Waals surface area contributed by atoms with E-state index in [0.717, 1.165) is 10.4 Å². The Hall–Kier alpha value is -2.76. The lowest BCUT2D eigenvalue weighted by Crippen LogP contribution is -2.22. The third kappa shape index (κ3) is 4.41. The molecule has 3 aromatic rings. The maximum atomic E-state index is 14.3. The van der Waals surface area contributed by atoms with Crippen LogP contribution in [0.15, 0.2) is 53.2 Å². The molecule has 0 radical (unpaired) electrons. The third-order valence-electron chi connectivity index (χ3n) is 5.01. The van der Waals surface area contributed by atoms with E-state index >= 15 is 0 Å². The van der Waals surface area contributed by atoms with Gasteiger partial charge in [0.25, 0.3) is 0 Å². The predicted molar refractivity (Wildman–Crippen MR) is 114 cm³/mol. The normalized spacial score (nSPS) is 13.3. The molecule has 0 amide bonds. The molecule has 0 saturated heterocycles. The van der Waals surface area contributed by atoms with Crippen LogP contribution in [-0.4, -0.2) is 42.9 Å². The van der Waals surface area contributed by atoms with E-state index in [1.54, 1.807) is 13.0 Å². The van der Waals surface area contributed by atoms with E-state index in [9.17, 15) is 26.0 Å². The van der Waals surface area contributed by atoms with E-state index in [2.05, 4.69) is 4.98 Å². The van der Waals surface area contributed by atoms with Gasteiger partial charge in [-0.05, 0) is 42.8 Å². The summed E-state index contributed by atoms with van der Waals surface area (Å²) in [7, 11) is -1.03. The summed E-state index contributed by atoms with van der Waals surface area (Å²) in [5, 5.41) is 0. The van der Waals surface area contributed by atoms with Gasteiger partial charge < -0.3 is 10.3 Å². The quantitative estimate of drug-likeness (QED) is 0.550. The number of halogens is 4. The molecule has 6 nitrogen and oxygen atoms in total. The molecular formula is C21H22F4N4O2S. The largest absolute Gasteiger partial charge is 0.433 e. The number of hydrogen-bond acceptors (Lipinski definition) is 4. The lowest BCUT2D eigenvalue weighted by molar-refractivity contribution is -0.140. The summed E-state index contributed by atoms with van der Waals surface area (Å²) in [6, 6.07) is 7.91. The van der Waals surface area contributed by atoms with Gasteiger partial charge in [0.15, 0.2) is 0 Å². The highest BCUT2D eigenvalue weighted by molar-refractivity contribution is 7.89. The number of pyridine rings is 1. The molecule has 0 atom stereocenters. The Morgan fingerprint density at radius 2 is 1.91 bits per heavy atom. The second-order valence-corrected chi connectivity index (χ2v) is 9.46. The molecule has 0 fully saturated rings. The minimum Gasteiger partial charge on any atom is -0.336 e. The molecule has 11 heteroatoms. The van der Waals surface area contributed by atoms with Crippen molar-refractivity contribution in [2.45, 2.75) is 24.5 Å². The SMILES string of the molecule is Cc1c(-c2cccc(S(=O)(=O)N(C)C)c2)c2nc(C(F)(F)F)ccc2n1C/C(F)=C/CN. The molecule has 0 spiro atoms. The number of aromatic nitrogens is 2. The molecule has 0 saturated carbocycles.